The molecule has 3 rings (SSSR count). The molecule has 0 radical (unpaired) electrons. The van der Waals surface area contributed by atoms with Gasteiger partial charge < -0.3 is 4.74 Å². The largest absolute Gasteiger partial charge is 0.483 e. The second kappa shape index (κ2) is 7.40. The van der Waals surface area contributed by atoms with Crippen molar-refractivity contribution in [2.24, 2.45) is 5.10 Å². The molecule has 0 aliphatic carbocycles. The molecule has 6 nitrogen and oxygen atoms in total. The van der Waals surface area contributed by atoms with E-state index in [9.17, 15) is 4.79 Å². The highest BCUT2D eigenvalue weighted by atomic mass is 32.1. The zero-order chi connectivity index (χ0) is 17.8. The summed E-state index contributed by atoms with van der Waals surface area (Å²) >= 11 is 1.34. The zero-order valence-corrected chi connectivity index (χ0v) is 15.1. The van der Waals surface area contributed by atoms with Crippen LogP contribution in [0.15, 0.2) is 35.4 Å². The van der Waals surface area contributed by atoms with Crippen LogP contribution in [0.1, 0.15) is 22.3 Å². The number of hydrogen-bond donors (Lipinski definition) is 1. The molecule has 3 aromatic rings. The minimum atomic E-state index is -0.313. The third kappa shape index (κ3) is 4.19. The highest BCUT2D eigenvalue weighted by Crippen LogP contribution is 2.24. The summed E-state index contributed by atoms with van der Waals surface area (Å²) in [5, 5.41) is 7.96. The molecule has 1 aromatic heterocycles. The Balaban J connectivity index is 1.56. The van der Waals surface area contributed by atoms with Gasteiger partial charge in [-0.25, -0.2) is 5.43 Å². The SMILES string of the molecule is Cc1cc(C)c(OCC(=O)N/N=C/c2ccc3snnc3c2)c(C)c1. The number of ether oxygens (including phenoxy) is 1. The quantitative estimate of drug-likeness (QED) is 0.564. The molecule has 1 N–H and O–H groups in total. The lowest BCUT2D eigenvalue weighted by molar-refractivity contribution is -0.123. The van der Waals surface area contributed by atoms with Gasteiger partial charge in [0.25, 0.3) is 5.91 Å². The van der Waals surface area contributed by atoms with Gasteiger partial charge in [-0.1, -0.05) is 28.3 Å². The van der Waals surface area contributed by atoms with Crippen LogP contribution in [0.3, 0.4) is 0 Å². The van der Waals surface area contributed by atoms with Gasteiger partial charge in [0, 0.05) is 0 Å². The van der Waals surface area contributed by atoms with Crippen molar-refractivity contribution >= 4 is 33.9 Å². The molecule has 0 aliphatic heterocycles. The summed E-state index contributed by atoms with van der Waals surface area (Å²) in [6, 6.07) is 9.75. The number of amides is 1. The van der Waals surface area contributed by atoms with E-state index in [0.29, 0.717) is 0 Å². The summed E-state index contributed by atoms with van der Waals surface area (Å²) in [5.41, 5.74) is 7.31. The van der Waals surface area contributed by atoms with E-state index < -0.39 is 0 Å². The van der Waals surface area contributed by atoms with Gasteiger partial charge in [-0.15, -0.1) is 5.10 Å². The van der Waals surface area contributed by atoms with Gasteiger partial charge in [0.1, 0.15) is 11.3 Å². The molecule has 0 bridgehead atoms. The minimum absolute atomic E-state index is 0.0862. The van der Waals surface area contributed by atoms with Crippen molar-refractivity contribution in [1.82, 2.24) is 15.0 Å². The Morgan fingerprint density at radius 1 is 1.24 bits per heavy atom. The Bertz CT molecular complexity index is 926. The van der Waals surface area contributed by atoms with Crippen LogP contribution in [-0.2, 0) is 4.79 Å². The summed E-state index contributed by atoms with van der Waals surface area (Å²) in [4.78, 5) is 11.9. The molecule has 0 saturated heterocycles. The average molecular weight is 354 g/mol. The van der Waals surface area contributed by atoms with Crippen LogP contribution in [0.5, 0.6) is 5.75 Å². The van der Waals surface area contributed by atoms with Gasteiger partial charge in [-0.05, 0) is 61.1 Å². The standard InChI is InChI=1S/C18H18N4O2S/c1-11-6-12(2)18(13(3)7-11)24-10-17(23)21-19-9-14-4-5-16-15(8-14)20-22-25-16/h4-9H,10H2,1-3H3,(H,21,23)/b19-9+. The summed E-state index contributed by atoms with van der Waals surface area (Å²) < 4.78 is 10.5. The van der Waals surface area contributed by atoms with Crippen LogP contribution in [0.2, 0.25) is 0 Å². The molecule has 0 unspecified atom stereocenters. The summed E-state index contributed by atoms with van der Waals surface area (Å²) in [6.45, 7) is 5.88. The van der Waals surface area contributed by atoms with Gasteiger partial charge >= 0.3 is 0 Å². The summed E-state index contributed by atoms with van der Waals surface area (Å²) in [5.74, 6) is 0.429. The zero-order valence-electron chi connectivity index (χ0n) is 14.2. The first-order valence-corrected chi connectivity index (χ1v) is 8.55. The number of nitrogens with one attached hydrogen (secondary N) is 1. The van der Waals surface area contributed by atoms with E-state index in [1.165, 1.54) is 17.1 Å². The van der Waals surface area contributed by atoms with E-state index in [0.717, 1.165) is 32.7 Å². The number of nitrogens with zero attached hydrogens (tertiary/aromatic N) is 3. The highest BCUT2D eigenvalue weighted by molar-refractivity contribution is 7.12. The fourth-order valence-corrected chi connectivity index (χ4v) is 3.16. The first kappa shape index (κ1) is 17.0. The predicted octanol–water partition coefficient (Wildman–Crippen LogP) is 3.15. The second-order valence-corrected chi connectivity index (χ2v) is 6.60. The molecular weight excluding hydrogens is 336 g/mol. The van der Waals surface area contributed by atoms with Crippen molar-refractivity contribution in [3.63, 3.8) is 0 Å². The van der Waals surface area contributed by atoms with E-state index in [-0.39, 0.29) is 12.5 Å². The Kier molecular flexibility index (Phi) is 5.04. The van der Waals surface area contributed by atoms with Crippen molar-refractivity contribution in [2.45, 2.75) is 20.8 Å². The third-order valence-electron chi connectivity index (χ3n) is 3.63. The maximum atomic E-state index is 11.9. The molecule has 128 valence electrons. The minimum Gasteiger partial charge on any atom is -0.483 e. The monoisotopic (exact) mass is 354 g/mol. The second-order valence-electron chi connectivity index (χ2n) is 5.81. The lowest BCUT2D eigenvalue weighted by Crippen LogP contribution is -2.25. The number of aryl methyl sites for hydroxylation is 3. The first-order valence-electron chi connectivity index (χ1n) is 7.77. The van der Waals surface area contributed by atoms with Crippen LogP contribution >= 0.6 is 11.5 Å². The number of aromatic nitrogens is 2. The van der Waals surface area contributed by atoms with E-state index in [4.69, 9.17) is 4.74 Å². The molecule has 0 aliphatic rings. The lowest BCUT2D eigenvalue weighted by Gasteiger charge is -2.12. The predicted molar refractivity (Wildman–Crippen MR) is 99.3 cm³/mol. The fourth-order valence-electron chi connectivity index (χ4n) is 2.62. The Morgan fingerprint density at radius 2 is 2.00 bits per heavy atom. The molecule has 1 heterocycles. The van der Waals surface area contributed by atoms with Crippen molar-refractivity contribution in [1.29, 1.82) is 0 Å². The van der Waals surface area contributed by atoms with Gasteiger partial charge in [0.05, 0.1) is 10.9 Å². The topological polar surface area (TPSA) is 76.5 Å². The number of carbonyl (C=O) groups excluding carboxylic acids is 1. The summed E-state index contributed by atoms with van der Waals surface area (Å²) in [7, 11) is 0. The fraction of sp³-hybridized carbons (Fsp3) is 0.222. The number of fused-ring (bicyclic) bond motifs is 1. The Hall–Kier alpha value is -2.80. The molecule has 25 heavy (non-hydrogen) atoms. The normalized spacial score (nSPS) is 11.2. The van der Waals surface area contributed by atoms with E-state index in [1.54, 1.807) is 6.21 Å². The summed E-state index contributed by atoms with van der Waals surface area (Å²) in [6.07, 6.45) is 1.57. The molecule has 7 heteroatoms. The Morgan fingerprint density at radius 3 is 2.76 bits per heavy atom. The van der Waals surface area contributed by atoms with E-state index >= 15 is 0 Å². The molecule has 2 aromatic carbocycles. The van der Waals surface area contributed by atoms with E-state index in [2.05, 4.69) is 20.1 Å². The molecular formula is C18H18N4O2S. The maximum Gasteiger partial charge on any atom is 0.277 e. The van der Waals surface area contributed by atoms with Crippen LogP contribution in [-0.4, -0.2) is 28.3 Å². The molecule has 0 spiro atoms. The van der Waals surface area contributed by atoms with Crippen molar-refractivity contribution in [3.05, 3.63) is 52.6 Å². The van der Waals surface area contributed by atoms with Crippen molar-refractivity contribution < 1.29 is 9.53 Å². The molecule has 0 atom stereocenters. The Labute approximate surface area is 149 Å². The molecule has 0 saturated carbocycles. The van der Waals surface area contributed by atoms with Crippen molar-refractivity contribution in [3.8, 4) is 5.75 Å². The van der Waals surface area contributed by atoms with Gasteiger partial charge in [0.2, 0.25) is 0 Å². The average Bonchev–Trinajstić information content (AvgIpc) is 3.01. The number of hydrazone groups is 1. The highest BCUT2D eigenvalue weighted by Gasteiger charge is 2.08. The molecule has 0 fully saturated rings. The third-order valence-corrected chi connectivity index (χ3v) is 4.33. The smallest absolute Gasteiger partial charge is 0.277 e. The van der Waals surface area contributed by atoms with Gasteiger partial charge in [-0.3, -0.25) is 4.79 Å². The van der Waals surface area contributed by atoms with Crippen molar-refractivity contribution in [2.75, 3.05) is 6.61 Å². The number of benzene rings is 2. The van der Waals surface area contributed by atoms with Gasteiger partial charge in [0.15, 0.2) is 6.61 Å². The van der Waals surface area contributed by atoms with Crippen LogP contribution < -0.4 is 10.2 Å². The first-order chi connectivity index (χ1) is 12.0. The lowest BCUT2D eigenvalue weighted by atomic mass is 10.1. The molecule has 1 amide bonds. The van der Waals surface area contributed by atoms with Crippen LogP contribution in [0.4, 0.5) is 0 Å². The number of carbonyl (C=O) groups is 1. The van der Waals surface area contributed by atoms with E-state index in [1.807, 2.05) is 51.1 Å². The van der Waals surface area contributed by atoms with Gasteiger partial charge in [-0.2, -0.15) is 5.10 Å². The van der Waals surface area contributed by atoms with Crippen LogP contribution in [0.25, 0.3) is 10.2 Å². The van der Waals surface area contributed by atoms with Crippen LogP contribution in [0, 0.1) is 20.8 Å². The number of rotatable bonds is 5. The maximum absolute atomic E-state index is 11.9. The number of hydrogen-bond acceptors (Lipinski definition) is 6.